The van der Waals surface area contributed by atoms with Crippen LogP contribution in [0.1, 0.15) is 49.3 Å². The summed E-state index contributed by atoms with van der Waals surface area (Å²) in [4.78, 5) is 24.1. The Bertz CT molecular complexity index is 1330. The minimum absolute atomic E-state index is 0.0156. The average Bonchev–Trinajstić information content (AvgIpc) is 3.21. The first kappa shape index (κ1) is 24.1. The number of fused-ring (bicyclic) bond motifs is 1. The number of nitrogens with one attached hydrogen (secondary N) is 1. The molecular formula is C28H28FN3O3. The third-order valence-corrected chi connectivity index (χ3v) is 6.36. The van der Waals surface area contributed by atoms with E-state index in [4.69, 9.17) is 0 Å². The normalized spacial score (nSPS) is 12.9. The van der Waals surface area contributed by atoms with Crippen LogP contribution in [0.5, 0.6) is 0 Å². The smallest absolute Gasteiger partial charge is 0.270 e. The number of non-ortho nitro benzene ring substituents is 1. The van der Waals surface area contributed by atoms with E-state index in [-0.39, 0.29) is 29.9 Å². The third-order valence-electron chi connectivity index (χ3n) is 6.36. The molecule has 0 aliphatic heterocycles. The molecular weight excluding hydrogens is 445 g/mol. The van der Waals surface area contributed by atoms with Crippen molar-refractivity contribution in [3.63, 3.8) is 0 Å². The topological polar surface area (TPSA) is 77.2 Å². The summed E-state index contributed by atoms with van der Waals surface area (Å²) in [5.41, 5.74) is 3.48. The second-order valence-corrected chi connectivity index (χ2v) is 8.84. The first-order valence-corrected chi connectivity index (χ1v) is 11.7. The number of nitro benzene ring substituents is 1. The number of nitro groups is 1. The Kier molecular flexibility index (Phi) is 7.25. The van der Waals surface area contributed by atoms with Crippen LogP contribution in [0.4, 0.5) is 10.1 Å². The van der Waals surface area contributed by atoms with Crippen LogP contribution in [-0.4, -0.2) is 21.4 Å². The highest BCUT2D eigenvalue weighted by molar-refractivity contribution is 5.88. The monoisotopic (exact) mass is 473 g/mol. The molecule has 1 aromatic heterocycles. The molecule has 0 saturated heterocycles. The zero-order valence-electron chi connectivity index (χ0n) is 19.8. The van der Waals surface area contributed by atoms with Crippen LogP contribution in [0.2, 0.25) is 0 Å². The zero-order valence-corrected chi connectivity index (χ0v) is 19.8. The van der Waals surface area contributed by atoms with Gasteiger partial charge in [0, 0.05) is 54.2 Å². The number of aromatic nitrogens is 1. The lowest BCUT2D eigenvalue weighted by Crippen LogP contribution is -2.33. The Morgan fingerprint density at radius 3 is 2.46 bits per heavy atom. The molecule has 0 radical (unpaired) electrons. The molecule has 0 bridgehead atoms. The molecule has 2 atom stereocenters. The molecule has 0 spiro atoms. The molecule has 0 fully saturated rings. The SMILES string of the molecule is CCC(C)NC(=O)CC(c1ccc(F)cc1)c1cn(Cc2ccccc2)c2ccc([N+](=O)[O-])cc12. The first-order valence-electron chi connectivity index (χ1n) is 11.7. The van der Waals surface area contributed by atoms with Gasteiger partial charge in [0.05, 0.1) is 4.92 Å². The summed E-state index contributed by atoms with van der Waals surface area (Å²) in [5, 5.41) is 15.3. The Morgan fingerprint density at radius 1 is 1.09 bits per heavy atom. The standard InChI is InChI=1S/C28H28FN3O3/c1-3-19(2)30-28(33)16-24(21-9-11-22(29)12-10-21)26-18-31(17-20-7-5-4-6-8-20)27-14-13-23(32(34)35)15-25(26)27/h4-15,18-19,24H,3,16-17H2,1-2H3,(H,30,33). The van der Waals surface area contributed by atoms with Gasteiger partial charge < -0.3 is 9.88 Å². The van der Waals surface area contributed by atoms with Gasteiger partial charge in [-0.1, -0.05) is 49.4 Å². The molecule has 0 aliphatic rings. The van der Waals surface area contributed by atoms with Gasteiger partial charge in [-0.3, -0.25) is 14.9 Å². The van der Waals surface area contributed by atoms with Crippen LogP contribution >= 0.6 is 0 Å². The van der Waals surface area contributed by atoms with Gasteiger partial charge in [-0.2, -0.15) is 0 Å². The number of amides is 1. The van der Waals surface area contributed by atoms with E-state index >= 15 is 0 Å². The van der Waals surface area contributed by atoms with Gasteiger partial charge in [-0.25, -0.2) is 4.39 Å². The number of hydrogen-bond acceptors (Lipinski definition) is 3. The van der Waals surface area contributed by atoms with Gasteiger partial charge in [0.1, 0.15) is 5.82 Å². The molecule has 4 aromatic rings. The van der Waals surface area contributed by atoms with E-state index in [2.05, 4.69) is 5.32 Å². The van der Waals surface area contributed by atoms with Crippen molar-refractivity contribution in [2.45, 2.75) is 45.2 Å². The van der Waals surface area contributed by atoms with Crippen LogP contribution in [0.25, 0.3) is 10.9 Å². The Balaban J connectivity index is 1.85. The summed E-state index contributed by atoms with van der Waals surface area (Å²) in [5.74, 6) is -0.886. The fraction of sp³-hybridized carbons (Fsp3) is 0.250. The second-order valence-electron chi connectivity index (χ2n) is 8.84. The maximum absolute atomic E-state index is 13.7. The number of halogens is 1. The molecule has 35 heavy (non-hydrogen) atoms. The molecule has 6 nitrogen and oxygen atoms in total. The fourth-order valence-electron chi connectivity index (χ4n) is 4.34. The van der Waals surface area contributed by atoms with Crippen molar-refractivity contribution < 1.29 is 14.1 Å². The van der Waals surface area contributed by atoms with Crippen LogP contribution in [0.15, 0.2) is 79.0 Å². The Labute approximate surface area is 203 Å². The molecule has 4 rings (SSSR count). The number of carbonyl (C=O) groups is 1. The van der Waals surface area contributed by atoms with Crippen molar-refractivity contribution in [3.8, 4) is 0 Å². The van der Waals surface area contributed by atoms with Crippen LogP contribution < -0.4 is 5.32 Å². The van der Waals surface area contributed by atoms with Crippen LogP contribution in [0, 0.1) is 15.9 Å². The lowest BCUT2D eigenvalue weighted by Gasteiger charge is -2.19. The van der Waals surface area contributed by atoms with Gasteiger partial charge in [0.2, 0.25) is 5.91 Å². The highest BCUT2D eigenvalue weighted by Gasteiger charge is 2.25. The fourth-order valence-corrected chi connectivity index (χ4v) is 4.34. The van der Waals surface area contributed by atoms with E-state index in [0.29, 0.717) is 11.9 Å². The molecule has 1 N–H and O–H groups in total. The molecule has 0 saturated carbocycles. The van der Waals surface area contributed by atoms with E-state index in [9.17, 15) is 19.3 Å². The number of nitrogens with zero attached hydrogens (tertiary/aromatic N) is 2. The number of carbonyl (C=O) groups excluding carboxylic acids is 1. The van der Waals surface area contributed by atoms with Crippen LogP contribution in [-0.2, 0) is 11.3 Å². The summed E-state index contributed by atoms with van der Waals surface area (Å²) < 4.78 is 15.8. The van der Waals surface area contributed by atoms with Gasteiger partial charge in [0.15, 0.2) is 0 Å². The van der Waals surface area contributed by atoms with E-state index in [1.807, 2.05) is 54.9 Å². The molecule has 0 aliphatic carbocycles. The summed E-state index contributed by atoms with van der Waals surface area (Å²) in [6.07, 6.45) is 2.91. The largest absolute Gasteiger partial charge is 0.354 e. The van der Waals surface area contributed by atoms with E-state index in [0.717, 1.165) is 28.6 Å². The quantitative estimate of drug-likeness (QED) is 0.233. The molecule has 180 valence electrons. The van der Waals surface area contributed by atoms with Gasteiger partial charge in [-0.05, 0) is 48.2 Å². The highest BCUT2D eigenvalue weighted by Crippen LogP contribution is 2.37. The predicted octanol–water partition coefficient (Wildman–Crippen LogP) is 6.17. The maximum atomic E-state index is 13.7. The number of rotatable bonds is 9. The highest BCUT2D eigenvalue weighted by atomic mass is 19.1. The average molecular weight is 474 g/mol. The predicted molar refractivity (Wildman–Crippen MR) is 135 cm³/mol. The second kappa shape index (κ2) is 10.5. The van der Waals surface area contributed by atoms with Gasteiger partial charge in [0.25, 0.3) is 5.69 Å². The maximum Gasteiger partial charge on any atom is 0.270 e. The summed E-state index contributed by atoms with van der Waals surface area (Å²) in [6.45, 7) is 4.52. The first-order chi connectivity index (χ1) is 16.9. The summed E-state index contributed by atoms with van der Waals surface area (Å²) in [7, 11) is 0. The number of hydrogen-bond donors (Lipinski definition) is 1. The van der Waals surface area contributed by atoms with Crippen molar-refractivity contribution in [1.29, 1.82) is 0 Å². The van der Waals surface area contributed by atoms with Crippen molar-refractivity contribution in [2.24, 2.45) is 0 Å². The lowest BCUT2D eigenvalue weighted by molar-refractivity contribution is -0.384. The Hall–Kier alpha value is -4.00. The third kappa shape index (κ3) is 5.57. The minimum Gasteiger partial charge on any atom is -0.354 e. The summed E-state index contributed by atoms with van der Waals surface area (Å²) in [6, 6.07) is 20.9. The van der Waals surface area contributed by atoms with E-state index in [1.54, 1.807) is 24.3 Å². The molecule has 2 unspecified atom stereocenters. The van der Waals surface area contributed by atoms with Crippen LogP contribution in [0.3, 0.4) is 0 Å². The molecule has 7 heteroatoms. The lowest BCUT2D eigenvalue weighted by atomic mass is 9.87. The molecule has 1 amide bonds. The summed E-state index contributed by atoms with van der Waals surface area (Å²) >= 11 is 0. The van der Waals surface area contributed by atoms with E-state index in [1.165, 1.54) is 18.2 Å². The molecule has 1 heterocycles. The minimum atomic E-state index is -0.416. The Morgan fingerprint density at radius 2 is 1.80 bits per heavy atom. The van der Waals surface area contributed by atoms with Crippen molar-refractivity contribution in [3.05, 3.63) is 112 Å². The van der Waals surface area contributed by atoms with Crippen molar-refractivity contribution in [1.82, 2.24) is 9.88 Å². The zero-order chi connectivity index (χ0) is 24.9. The van der Waals surface area contributed by atoms with Crippen molar-refractivity contribution >= 4 is 22.5 Å². The van der Waals surface area contributed by atoms with E-state index < -0.39 is 10.8 Å². The molecule has 3 aromatic carbocycles. The number of benzene rings is 3. The van der Waals surface area contributed by atoms with Gasteiger partial charge in [-0.15, -0.1) is 0 Å². The van der Waals surface area contributed by atoms with Gasteiger partial charge >= 0.3 is 0 Å². The van der Waals surface area contributed by atoms with Crippen molar-refractivity contribution in [2.75, 3.05) is 0 Å².